The number of nitrogens with two attached hydrogens (primary N) is 1. The zero-order valence-corrected chi connectivity index (χ0v) is 16.8. The molecule has 6 heteroatoms. The topological polar surface area (TPSA) is 80.0 Å². The van der Waals surface area contributed by atoms with Crippen molar-refractivity contribution in [2.45, 2.75) is 40.0 Å². The van der Waals surface area contributed by atoms with E-state index < -0.39 is 0 Å². The molecule has 26 heavy (non-hydrogen) atoms. The molecule has 1 unspecified atom stereocenters. The van der Waals surface area contributed by atoms with Gasteiger partial charge in [0.2, 0.25) is 0 Å². The average molecular weight is 375 g/mol. The maximum Gasteiger partial charge on any atom is 0.261 e. The Kier molecular flexibility index (Phi) is 5.95. The van der Waals surface area contributed by atoms with Crippen LogP contribution < -0.4 is 16.4 Å². The lowest BCUT2D eigenvalue weighted by Gasteiger charge is -2.34. The molecule has 4 N–H and O–H groups in total. The number of nitrogens with zero attached hydrogens (tertiary/aromatic N) is 1. The smallest absolute Gasteiger partial charge is 0.261 e. The number of carbonyl (C=O) groups is 1. The molecule has 1 amide bonds. The van der Waals surface area contributed by atoms with E-state index in [1.165, 1.54) is 29.0 Å². The van der Waals surface area contributed by atoms with Gasteiger partial charge in [-0.2, -0.15) is 0 Å². The van der Waals surface area contributed by atoms with E-state index >= 15 is 0 Å². The first-order chi connectivity index (χ1) is 12.4. The summed E-state index contributed by atoms with van der Waals surface area (Å²) in [7, 11) is 0. The number of rotatable bonds is 6. The SMILES string of the molecule is CC(C)(C)C1CCc2nc3sc(C(=O)NCCNCCN)cc3cc2C1. The third-order valence-electron chi connectivity index (χ3n) is 5.23. The normalized spacial score (nSPS) is 17.3. The van der Waals surface area contributed by atoms with Crippen molar-refractivity contribution < 1.29 is 4.79 Å². The molecule has 0 saturated heterocycles. The van der Waals surface area contributed by atoms with E-state index in [4.69, 9.17) is 10.7 Å². The standard InChI is InChI=1S/C20H30N4OS/c1-20(2,3)15-4-5-16-13(11-15)10-14-12-17(26-19(14)24-16)18(25)23-9-8-22-7-6-21/h10,12,15,22H,4-9,11,21H2,1-3H3,(H,23,25). The fraction of sp³-hybridized carbons (Fsp3) is 0.600. The van der Waals surface area contributed by atoms with E-state index in [1.54, 1.807) is 0 Å². The van der Waals surface area contributed by atoms with Gasteiger partial charge in [0.1, 0.15) is 4.83 Å². The predicted octanol–water partition coefficient (Wildman–Crippen LogP) is 2.73. The summed E-state index contributed by atoms with van der Waals surface area (Å²) in [5, 5.41) is 7.22. The number of aromatic nitrogens is 1. The summed E-state index contributed by atoms with van der Waals surface area (Å²) < 4.78 is 0. The van der Waals surface area contributed by atoms with Crippen LogP contribution in [0.25, 0.3) is 10.2 Å². The van der Waals surface area contributed by atoms with Crippen LogP contribution in [0.5, 0.6) is 0 Å². The predicted molar refractivity (Wildman–Crippen MR) is 109 cm³/mol. The van der Waals surface area contributed by atoms with Crippen LogP contribution in [0, 0.1) is 11.3 Å². The van der Waals surface area contributed by atoms with Gasteiger partial charge >= 0.3 is 0 Å². The number of carbonyl (C=O) groups excluding carboxylic acids is 1. The molecular formula is C20H30N4OS. The Hall–Kier alpha value is -1.50. The largest absolute Gasteiger partial charge is 0.350 e. The van der Waals surface area contributed by atoms with Gasteiger partial charge in [-0.3, -0.25) is 4.79 Å². The molecule has 1 aliphatic carbocycles. The summed E-state index contributed by atoms with van der Waals surface area (Å²) in [6.45, 7) is 9.68. The highest BCUT2D eigenvalue weighted by Gasteiger charge is 2.29. The summed E-state index contributed by atoms with van der Waals surface area (Å²) in [5.74, 6) is 0.671. The van der Waals surface area contributed by atoms with Crippen LogP contribution in [0.4, 0.5) is 0 Å². The lowest BCUT2D eigenvalue weighted by atomic mass is 9.71. The Bertz CT molecular complexity index is 778. The minimum Gasteiger partial charge on any atom is -0.350 e. The van der Waals surface area contributed by atoms with Crippen LogP contribution in [0.15, 0.2) is 12.1 Å². The number of nitrogens with one attached hydrogen (secondary N) is 2. The number of hydrogen-bond acceptors (Lipinski definition) is 5. The van der Waals surface area contributed by atoms with Crippen molar-refractivity contribution in [2.75, 3.05) is 26.2 Å². The summed E-state index contributed by atoms with van der Waals surface area (Å²) in [6, 6.07) is 4.24. The molecule has 0 aliphatic heterocycles. The Balaban J connectivity index is 1.71. The Morgan fingerprint density at radius 3 is 2.85 bits per heavy atom. The molecule has 5 nitrogen and oxygen atoms in total. The van der Waals surface area contributed by atoms with Gasteiger partial charge in [0.05, 0.1) is 4.88 Å². The number of aryl methyl sites for hydroxylation is 1. The van der Waals surface area contributed by atoms with E-state index in [9.17, 15) is 4.79 Å². The lowest BCUT2D eigenvalue weighted by molar-refractivity contribution is 0.0958. The van der Waals surface area contributed by atoms with Crippen molar-refractivity contribution in [1.29, 1.82) is 0 Å². The molecule has 142 valence electrons. The fourth-order valence-corrected chi connectivity index (χ4v) is 4.50. The molecular weight excluding hydrogens is 344 g/mol. The molecule has 0 fully saturated rings. The first kappa shape index (κ1) is 19.3. The van der Waals surface area contributed by atoms with Gasteiger partial charge in [-0.05, 0) is 48.3 Å². The van der Waals surface area contributed by atoms with Crippen molar-refractivity contribution >= 4 is 27.5 Å². The monoisotopic (exact) mass is 374 g/mol. The fourth-order valence-electron chi connectivity index (χ4n) is 3.55. The summed E-state index contributed by atoms with van der Waals surface area (Å²) in [6.07, 6.45) is 3.33. The van der Waals surface area contributed by atoms with Crippen molar-refractivity contribution in [3.63, 3.8) is 0 Å². The van der Waals surface area contributed by atoms with Gasteiger partial charge in [0, 0.05) is 37.3 Å². The number of thiophene rings is 1. The molecule has 2 aromatic rings. The quantitative estimate of drug-likeness (QED) is 0.679. The minimum atomic E-state index is -0.0203. The van der Waals surface area contributed by atoms with Gasteiger partial charge in [-0.1, -0.05) is 20.8 Å². The van der Waals surface area contributed by atoms with Gasteiger partial charge in [-0.25, -0.2) is 4.98 Å². The molecule has 0 spiro atoms. The van der Waals surface area contributed by atoms with Crippen molar-refractivity contribution in [2.24, 2.45) is 17.1 Å². The molecule has 3 rings (SSSR count). The van der Waals surface area contributed by atoms with E-state index in [0.717, 1.165) is 41.0 Å². The van der Waals surface area contributed by atoms with Gasteiger partial charge in [0.15, 0.2) is 0 Å². The van der Waals surface area contributed by atoms with E-state index in [2.05, 4.69) is 37.5 Å². The second kappa shape index (κ2) is 8.03. The number of fused-ring (bicyclic) bond motifs is 2. The summed E-state index contributed by atoms with van der Waals surface area (Å²) in [4.78, 5) is 19.0. The van der Waals surface area contributed by atoms with Crippen LogP contribution in [0.3, 0.4) is 0 Å². The maximum absolute atomic E-state index is 12.4. The molecule has 1 atom stereocenters. The molecule has 1 aliphatic rings. The van der Waals surface area contributed by atoms with Gasteiger partial charge < -0.3 is 16.4 Å². The maximum atomic E-state index is 12.4. The van der Waals surface area contributed by atoms with Crippen LogP contribution in [0.2, 0.25) is 0 Å². The van der Waals surface area contributed by atoms with Crippen molar-refractivity contribution in [3.8, 4) is 0 Å². The Morgan fingerprint density at radius 1 is 1.31 bits per heavy atom. The first-order valence-corrected chi connectivity index (χ1v) is 10.3. The minimum absolute atomic E-state index is 0.0203. The molecule has 2 heterocycles. The number of hydrogen-bond donors (Lipinski definition) is 3. The first-order valence-electron chi connectivity index (χ1n) is 9.50. The van der Waals surface area contributed by atoms with E-state index in [1.807, 2.05) is 6.07 Å². The second-order valence-electron chi connectivity index (χ2n) is 8.20. The molecule has 2 aromatic heterocycles. The Morgan fingerprint density at radius 2 is 2.12 bits per heavy atom. The Labute approximate surface area is 159 Å². The highest BCUT2D eigenvalue weighted by Crippen LogP contribution is 2.38. The summed E-state index contributed by atoms with van der Waals surface area (Å²) >= 11 is 1.49. The van der Waals surface area contributed by atoms with E-state index in [-0.39, 0.29) is 5.91 Å². The van der Waals surface area contributed by atoms with Crippen LogP contribution >= 0.6 is 11.3 Å². The molecule has 0 aromatic carbocycles. The van der Waals surface area contributed by atoms with E-state index in [0.29, 0.717) is 24.4 Å². The van der Waals surface area contributed by atoms with Crippen LogP contribution in [0.1, 0.15) is 48.1 Å². The molecule has 0 saturated carbocycles. The zero-order valence-electron chi connectivity index (χ0n) is 16.0. The third-order valence-corrected chi connectivity index (χ3v) is 6.27. The van der Waals surface area contributed by atoms with Crippen LogP contribution in [-0.4, -0.2) is 37.1 Å². The van der Waals surface area contributed by atoms with Gasteiger partial charge in [-0.15, -0.1) is 11.3 Å². The lowest BCUT2D eigenvalue weighted by Crippen LogP contribution is -2.33. The number of amides is 1. The molecule has 0 bridgehead atoms. The highest BCUT2D eigenvalue weighted by molar-refractivity contribution is 7.20. The zero-order chi connectivity index (χ0) is 18.7. The molecule has 0 radical (unpaired) electrons. The van der Waals surface area contributed by atoms with Crippen LogP contribution in [-0.2, 0) is 12.8 Å². The highest BCUT2D eigenvalue weighted by atomic mass is 32.1. The van der Waals surface area contributed by atoms with Crippen molar-refractivity contribution in [1.82, 2.24) is 15.6 Å². The number of pyridine rings is 1. The summed E-state index contributed by atoms with van der Waals surface area (Å²) in [5.41, 5.74) is 8.34. The van der Waals surface area contributed by atoms with Gasteiger partial charge in [0.25, 0.3) is 5.91 Å². The van der Waals surface area contributed by atoms with Crippen molar-refractivity contribution in [3.05, 3.63) is 28.3 Å². The second-order valence-corrected chi connectivity index (χ2v) is 9.23. The average Bonchev–Trinajstić information content (AvgIpc) is 3.01. The third kappa shape index (κ3) is 4.42.